The monoisotopic (exact) mass is 674 g/mol. The molecule has 0 bridgehead atoms. The molecule has 0 radical (unpaired) electrons. The Morgan fingerprint density at radius 1 is 0.620 bits per heavy atom. The number of fused-ring (bicyclic) bond motifs is 2. The number of nitrogens with zero attached hydrogens (tertiary/aromatic N) is 4. The predicted molar refractivity (Wildman–Crippen MR) is 185 cm³/mol. The number of carbonyl (C=O) groups excluding carboxylic acids is 4. The van der Waals surface area contributed by atoms with Crippen LogP contribution in [0.5, 0.6) is 0 Å². The molecule has 7 rings (SSSR count). The van der Waals surface area contributed by atoms with Crippen LogP contribution in [0.25, 0.3) is 21.8 Å². The zero-order valence-electron chi connectivity index (χ0n) is 27.4. The van der Waals surface area contributed by atoms with E-state index < -0.39 is 23.9 Å². The fraction of sp³-hybridized carbons (Fsp3) is 0.278. The van der Waals surface area contributed by atoms with Crippen molar-refractivity contribution in [3.63, 3.8) is 0 Å². The third-order valence-corrected chi connectivity index (χ3v) is 9.24. The van der Waals surface area contributed by atoms with Gasteiger partial charge in [-0.25, -0.2) is 9.97 Å². The molecule has 2 aliphatic heterocycles. The number of benzene rings is 3. The van der Waals surface area contributed by atoms with Crippen LogP contribution in [-0.2, 0) is 32.3 Å². The summed E-state index contributed by atoms with van der Waals surface area (Å²) in [6.07, 6.45) is 0.753. The van der Waals surface area contributed by atoms with Gasteiger partial charge in [-0.2, -0.15) is 0 Å². The van der Waals surface area contributed by atoms with Crippen molar-refractivity contribution in [2.45, 2.75) is 64.7 Å². The quantitative estimate of drug-likeness (QED) is 0.178. The lowest BCUT2D eigenvalue weighted by Gasteiger charge is -2.24. The van der Waals surface area contributed by atoms with Crippen molar-refractivity contribution in [2.24, 2.45) is 0 Å². The number of aryl methyl sites for hydroxylation is 2. The minimum Gasteiger partial charge on any atom is -0.380 e. The first kappa shape index (κ1) is 32.4. The second-order valence-electron chi connectivity index (χ2n) is 12.5. The molecule has 2 aromatic heterocycles. The number of aromatic nitrogens is 4. The van der Waals surface area contributed by atoms with Crippen molar-refractivity contribution >= 4 is 56.8 Å². The molecule has 50 heavy (non-hydrogen) atoms. The van der Waals surface area contributed by atoms with Crippen LogP contribution >= 0.6 is 0 Å². The Bertz CT molecular complexity index is 2180. The molecule has 2 atom stereocenters. The number of carbonyl (C=O) groups is 4. The van der Waals surface area contributed by atoms with Crippen LogP contribution in [-0.4, -0.2) is 42.7 Å². The van der Waals surface area contributed by atoms with Gasteiger partial charge in [0.25, 0.3) is 11.1 Å². The number of nitrogens with one attached hydrogen (secondary N) is 4. The SMILES string of the molecule is Cc1nc2cccc(NCc3ccc(CNc4cccc5nc(C)n([C@@H]6CCC(=O)NC6=O)c(=O)c45)cc3)c2c(=O)n1C1CCC(=O)NC1=O. The molecule has 14 nitrogen and oxygen atoms in total. The van der Waals surface area contributed by atoms with Crippen LogP contribution in [0.15, 0.2) is 70.3 Å². The highest BCUT2D eigenvalue weighted by Crippen LogP contribution is 2.26. The fourth-order valence-corrected chi connectivity index (χ4v) is 6.76. The van der Waals surface area contributed by atoms with E-state index in [2.05, 4.69) is 31.2 Å². The average molecular weight is 675 g/mol. The van der Waals surface area contributed by atoms with E-state index in [1.54, 1.807) is 38.1 Å². The topological polar surface area (TPSA) is 186 Å². The van der Waals surface area contributed by atoms with Gasteiger partial charge in [0.2, 0.25) is 23.6 Å². The number of hydrogen-bond donors (Lipinski definition) is 4. The molecule has 1 unspecified atom stereocenters. The Labute approximate surface area is 284 Å². The lowest BCUT2D eigenvalue weighted by molar-refractivity contribution is -0.137. The van der Waals surface area contributed by atoms with E-state index in [0.29, 0.717) is 57.9 Å². The number of anilines is 2. The lowest BCUT2D eigenvalue weighted by atomic mass is 10.0. The first-order valence-corrected chi connectivity index (χ1v) is 16.4. The molecule has 0 saturated carbocycles. The molecule has 4 N–H and O–H groups in total. The molecular weight excluding hydrogens is 640 g/mol. The van der Waals surface area contributed by atoms with Crippen molar-refractivity contribution in [1.82, 2.24) is 29.7 Å². The van der Waals surface area contributed by atoms with Gasteiger partial charge in [-0.3, -0.25) is 48.5 Å². The van der Waals surface area contributed by atoms with E-state index in [9.17, 15) is 28.8 Å². The van der Waals surface area contributed by atoms with Gasteiger partial charge in [-0.1, -0.05) is 36.4 Å². The smallest absolute Gasteiger partial charge is 0.264 e. The largest absolute Gasteiger partial charge is 0.380 e. The Morgan fingerprint density at radius 2 is 1.02 bits per heavy atom. The van der Waals surface area contributed by atoms with Crippen LogP contribution in [0.4, 0.5) is 11.4 Å². The maximum absolute atomic E-state index is 13.7. The summed E-state index contributed by atoms with van der Waals surface area (Å²) in [5.41, 5.74) is 3.37. The standard InChI is InChI=1S/C36H34N8O6/c1-19-39-25-7-3-5-23(31(25)35(49)43(19)27-13-15-29(45)41-33(27)47)37-17-21-9-11-22(12-10-21)18-38-24-6-4-8-26-32(24)36(50)44(20(2)40-26)28-14-16-30(46)42-34(28)48/h3-12,27-28,37-38H,13-18H2,1-2H3,(H,41,45,47)(H,42,46,48)/t27-,28?/m1/s1. The summed E-state index contributed by atoms with van der Waals surface area (Å²) in [6.45, 7) is 4.17. The maximum atomic E-state index is 13.7. The highest BCUT2D eigenvalue weighted by Gasteiger charge is 2.32. The van der Waals surface area contributed by atoms with Crippen molar-refractivity contribution in [3.8, 4) is 0 Å². The summed E-state index contributed by atoms with van der Waals surface area (Å²) < 4.78 is 2.74. The van der Waals surface area contributed by atoms with Crippen molar-refractivity contribution in [2.75, 3.05) is 10.6 Å². The minimum absolute atomic E-state index is 0.148. The highest BCUT2D eigenvalue weighted by molar-refractivity contribution is 6.00. The summed E-state index contributed by atoms with van der Waals surface area (Å²) in [6, 6.07) is 16.9. The first-order valence-electron chi connectivity index (χ1n) is 16.4. The van der Waals surface area contributed by atoms with Gasteiger partial charge in [-0.15, -0.1) is 0 Å². The average Bonchev–Trinajstić information content (AvgIpc) is 3.08. The maximum Gasteiger partial charge on any atom is 0.264 e. The molecule has 2 aliphatic rings. The van der Waals surface area contributed by atoms with Gasteiger partial charge in [0.1, 0.15) is 23.7 Å². The third kappa shape index (κ3) is 5.99. The van der Waals surface area contributed by atoms with E-state index in [1.807, 2.05) is 36.4 Å². The zero-order valence-corrected chi connectivity index (χ0v) is 27.4. The molecule has 3 aromatic carbocycles. The van der Waals surface area contributed by atoms with Gasteiger partial charge in [-0.05, 0) is 62.1 Å². The number of imide groups is 2. The van der Waals surface area contributed by atoms with Crippen LogP contribution in [0.1, 0.15) is 60.5 Å². The van der Waals surface area contributed by atoms with Gasteiger partial charge < -0.3 is 10.6 Å². The molecule has 0 aliphatic carbocycles. The van der Waals surface area contributed by atoms with E-state index >= 15 is 0 Å². The van der Waals surface area contributed by atoms with Crippen molar-refractivity contribution in [1.29, 1.82) is 0 Å². The van der Waals surface area contributed by atoms with Gasteiger partial charge >= 0.3 is 0 Å². The molecule has 4 heterocycles. The molecule has 0 spiro atoms. The van der Waals surface area contributed by atoms with E-state index in [1.165, 1.54) is 9.13 Å². The molecule has 2 saturated heterocycles. The van der Waals surface area contributed by atoms with Crippen molar-refractivity contribution < 1.29 is 19.2 Å². The fourth-order valence-electron chi connectivity index (χ4n) is 6.76. The normalized spacial score (nSPS) is 17.9. The van der Waals surface area contributed by atoms with Crippen LogP contribution in [0.3, 0.4) is 0 Å². The Hall–Kier alpha value is -6.18. The van der Waals surface area contributed by atoms with E-state index in [-0.39, 0.29) is 48.6 Å². The van der Waals surface area contributed by atoms with Crippen LogP contribution in [0.2, 0.25) is 0 Å². The summed E-state index contributed by atoms with van der Waals surface area (Å²) in [7, 11) is 0. The Morgan fingerprint density at radius 3 is 1.40 bits per heavy atom. The number of rotatable bonds is 8. The Kier molecular flexibility index (Phi) is 8.43. The van der Waals surface area contributed by atoms with Gasteiger partial charge in [0.15, 0.2) is 0 Å². The predicted octanol–water partition coefficient (Wildman–Crippen LogP) is 2.90. The summed E-state index contributed by atoms with van der Waals surface area (Å²) in [5, 5.41) is 12.0. The molecule has 4 amide bonds. The zero-order chi connectivity index (χ0) is 35.1. The molecular formula is C36H34N8O6. The summed E-state index contributed by atoms with van der Waals surface area (Å²) in [4.78, 5) is 85.3. The van der Waals surface area contributed by atoms with Crippen LogP contribution in [0, 0.1) is 13.8 Å². The van der Waals surface area contributed by atoms with Gasteiger partial charge in [0.05, 0.1) is 21.8 Å². The lowest BCUT2D eigenvalue weighted by Crippen LogP contribution is -2.45. The van der Waals surface area contributed by atoms with Crippen molar-refractivity contribution in [3.05, 3.63) is 104 Å². The molecule has 5 aromatic rings. The number of amides is 4. The van der Waals surface area contributed by atoms with E-state index in [4.69, 9.17) is 0 Å². The summed E-state index contributed by atoms with van der Waals surface area (Å²) in [5.74, 6) is -0.936. The number of piperidine rings is 2. The number of hydrogen-bond acceptors (Lipinski definition) is 10. The summed E-state index contributed by atoms with van der Waals surface area (Å²) >= 11 is 0. The minimum atomic E-state index is -0.813. The van der Waals surface area contributed by atoms with Crippen LogP contribution < -0.4 is 32.4 Å². The second kappa shape index (κ2) is 13.0. The first-order chi connectivity index (χ1) is 24.1. The third-order valence-electron chi connectivity index (χ3n) is 9.24. The van der Waals surface area contributed by atoms with Gasteiger partial charge in [0, 0.05) is 37.3 Å². The molecule has 254 valence electrons. The molecule has 2 fully saturated rings. The molecule has 14 heteroatoms. The highest BCUT2D eigenvalue weighted by atomic mass is 16.2. The Balaban J connectivity index is 1.08. The van der Waals surface area contributed by atoms with E-state index in [0.717, 1.165) is 11.1 Å². The second-order valence-corrected chi connectivity index (χ2v) is 12.5.